The van der Waals surface area contributed by atoms with E-state index in [9.17, 15) is 18.0 Å². The predicted molar refractivity (Wildman–Crippen MR) is 63.9 cm³/mol. The Hall–Kier alpha value is -2.30. The van der Waals surface area contributed by atoms with E-state index in [1.54, 1.807) is 0 Å². The highest BCUT2D eigenvalue weighted by Crippen LogP contribution is 2.09. The SMILES string of the molecule is O=C(NCc1cc(F)cc(F)c1)c1ccccc1F. The Morgan fingerprint density at radius 3 is 2.26 bits per heavy atom. The quantitative estimate of drug-likeness (QED) is 0.908. The zero-order chi connectivity index (χ0) is 13.8. The highest BCUT2D eigenvalue weighted by molar-refractivity contribution is 5.94. The molecule has 1 amide bonds. The first kappa shape index (κ1) is 13.1. The fraction of sp³-hybridized carbons (Fsp3) is 0.0714. The predicted octanol–water partition coefficient (Wildman–Crippen LogP) is 3.03. The lowest BCUT2D eigenvalue weighted by atomic mass is 10.1. The van der Waals surface area contributed by atoms with Crippen LogP contribution in [0.2, 0.25) is 0 Å². The third-order valence-corrected chi connectivity index (χ3v) is 2.49. The van der Waals surface area contributed by atoms with Crippen molar-refractivity contribution in [1.82, 2.24) is 5.32 Å². The molecule has 0 radical (unpaired) electrons. The van der Waals surface area contributed by atoms with Gasteiger partial charge in [-0.15, -0.1) is 0 Å². The summed E-state index contributed by atoms with van der Waals surface area (Å²) in [4.78, 5) is 11.7. The number of nitrogens with one attached hydrogen (secondary N) is 1. The molecule has 2 aromatic rings. The number of benzene rings is 2. The van der Waals surface area contributed by atoms with E-state index in [0.717, 1.165) is 24.3 Å². The molecule has 0 spiro atoms. The van der Waals surface area contributed by atoms with Crippen molar-refractivity contribution in [3.8, 4) is 0 Å². The molecule has 98 valence electrons. The van der Waals surface area contributed by atoms with Gasteiger partial charge in [0.15, 0.2) is 0 Å². The molecule has 0 atom stereocenters. The number of rotatable bonds is 3. The molecule has 19 heavy (non-hydrogen) atoms. The van der Waals surface area contributed by atoms with E-state index >= 15 is 0 Å². The van der Waals surface area contributed by atoms with Gasteiger partial charge in [0.05, 0.1) is 5.56 Å². The molecular weight excluding hydrogens is 255 g/mol. The molecule has 0 heterocycles. The summed E-state index contributed by atoms with van der Waals surface area (Å²) in [6.45, 7) is -0.0815. The van der Waals surface area contributed by atoms with Crippen LogP contribution < -0.4 is 5.32 Å². The van der Waals surface area contributed by atoms with Crippen LogP contribution in [0.4, 0.5) is 13.2 Å². The first-order chi connectivity index (χ1) is 9.06. The van der Waals surface area contributed by atoms with Gasteiger partial charge in [0.1, 0.15) is 17.5 Å². The van der Waals surface area contributed by atoms with Gasteiger partial charge in [-0.25, -0.2) is 13.2 Å². The van der Waals surface area contributed by atoms with Crippen LogP contribution >= 0.6 is 0 Å². The van der Waals surface area contributed by atoms with Gasteiger partial charge in [-0.2, -0.15) is 0 Å². The van der Waals surface area contributed by atoms with Gasteiger partial charge in [-0.3, -0.25) is 4.79 Å². The minimum Gasteiger partial charge on any atom is -0.348 e. The van der Waals surface area contributed by atoms with Crippen LogP contribution in [-0.4, -0.2) is 5.91 Å². The second kappa shape index (κ2) is 5.56. The number of hydrogen-bond acceptors (Lipinski definition) is 1. The average Bonchev–Trinajstić information content (AvgIpc) is 2.35. The first-order valence-corrected chi connectivity index (χ1v) is 5.54. The van der Waals surface area contributed by atoms with Gasteiger partial charge in [-0.05, 0) is 29.8 Å². The van der Waals surface area contributed by atoms with Crippen molar-refractivity contribution in [2.75, 3.05) is 0 Å². The average molecular weight is 265 g/mol. The van der Waals surface area contributed by atoms with E-state index in [2.05, 4.69) is 5.32 Å². The number of hydrogen-bond donors (Lipinski definition) is 1. The third kappa shape index (κ3) is 3.34. The van der Waals surface area contributed by atoms with Crippen molar-refractivity contribution in [3.63, 3.8) is 0 Å². The van der Waals surface area contributed by atoms with E-state index in [4.69, 9.17) is 0 Å². The summed E-state index contributed by atoms with van der Waals surface area (Å²) in [6.07, 6.45) is 0. The minimum absolute atomic E-state index is 0.0815. The summed E-state index contributed by atoms with van der Waals surface area (Å²) >= 11 is 0. The summed E-state index contributed by atoms with van der Waals surface area (Å²) in [5.74, 6) is -2.74. The molecule has 0 unspecified atom stereocenters. The molecule has 0 aliphatic rings. The molecule has 0 aromatic heterocycles. The lowest BCUT2D eigenvalue weighted by Gasteiger charge is -2.06. The lowest BCUT2D eigenvalue weighted by molar-refractivity contribution is 0.0946. The summed E-state index contributed by atoms with van der Waals surface area (Å²) in [5.41, 5.74) is 0.154. The van der Waals surface area contributed by atoms with Crippen LogP contribution in [0.15, 0.2) is 42.5 Å². The number of amides is 1. The molecule has 5 heteroatoms. The Morgan fingerprint density at radius 2 is 1.63 bits per heavy atom. The van der Waals surface area contributed by atoms with Crippen LogP contribution in [0, 0.1) is 17.5 Å². The molecular formula is C14H10F3NO. The lowest BCUT2D eigenvalue weighted by Crippen LogP contribution is -2.23. The maximum atomic E-state index is 13.3. The van der Waals surface area contributed by atoms with Crippen molar-refractivity contribution in [3.05, 3.63) is 71.0 Å². The Bertz CT molecular complexity index is 593. The number of halogens is 3. The van der Waals surface area contributed by atoms with E-state index in [1.807, 2.05) is 0 Å². The zero-order valence-corrected chi connectivity index (χ0v) is 9.79. The molecule has 2 nitrogen and oxygen atoms in total. The largest absolute Gasteiger partial charge is 0.348 e. The van der Waals surface area contributed by atoms with Crippen molar-refractivity contribution in [1.29, 1.82) is 0 Å². The molecule has 2 rings (SSSR count). The monoisotopic (exact) mass is 265 g/mol. The maximum Gasteiger partial charge on any atom is 0.254 e. The minimum atomic E-state index is -0.727. The second-order valence-corrected chi connectivity index (χ2v) is 3.94. The van der Waals surface area contributed by atoms with Crippen LogP contribution in [0.25, 0.3) is 0 Å². The van der Waals surface area contributed by atoms with Crippen LogP contribution in [0.1, 0.15) is 15.9 Å². The smallest absolute Gasteiger partial charge is 0.254 e. The third-order valence-electron chi connectivity index (χ3n) is 2.49. The van der Waals surface area contributed by atoms with Gasteiger partial charge in [0.25, 0.3) is 5.91 Å². The highest BCUT2D eigenvalue weighted by Gasteiger charge is 2.10. The second-order valence-electron chi connectivity index (χ2n) is 3.94. The standard InChI is InChI=1S/C14H10F3NO/c15-10-5-9(6-11(16)7-10)8-18-14(19)12-3-1-2-4-13(12)17/h1-7H,8H2,(H,18,19). The van der Waals surface area contributed by atoms with Crippen molar-refractivity contribution in [2.24, 2.45) is 0 Å². The van der Waals surface area contributed by atoms with E-state index in [-0.39, 0.29) is 17.7 Å². The van der Waals surface area contributed by atoms with Gasteiger partial charge in [0, 0.05) is 12.6 Å². The summed E-state index contributed by atoms with van der Waals surface area (Å²) in [6, 6.07) is 8.43. The van der Waals surface area contributed by atoms with Crippen molar-refractivity contribution < 1.29 is 18.0 Å². The molecule has 0 aliphatic carbocycles. The Kier molecular flexibility index (Phi) is 3.85. The van der Waals surface area contributed by atoms with Crippen molar-refractivity contribution in [2.45, 2.75) is 6.54 Å². The Labute approximate surface area is 107 Å². The summed E-state index contributed by atoms with van der Waals surface area (Å²) in [5, 5.41) is 2.40. The molecule has 0 saturated heterocycles. The Balaban J connectivity index is 2.07. The normalized spacial score (nSPS) is 10.3. The molecule has 0 fully saturated rings. The molecule has 0 bridgehead atoms. The van der Waals surface area contributed by atoms with Crippen LogP contribution in [-0.2, 0) is 6.54 Å². The highest BCUT2D eigenvalue weighted by atomic mass is 19.1. The number of carbonyl (C=O) groups excluding carboxylic acids is 1. The molecule has 0 aliphatic heterocycles. The van der Waals surface area contributed by atoms with E-state index in [0.29, 0.717) is 0 Å². The van der Waals surface area contributed by atoms with Crippen LogP contribution in [0.5, 0.6) is 0 Å². The van der Waals surface area contributed by atoms with Crippen LogP contribution in [0.3, 0.4) is 0 Å². The maximum absolute atomic E-state index is 13.3. The fourth-order valence-corrected chi connectivity index (χ4v) is 1.64. The van der Waals surface area contributed by atoms with E-state index < -0.39 is 23.4 Å². The van der Waals surface area contributed by atoms with Gasteiger partial charge in [-0.1, -0.05) is 12.1 Å². The zero-order valence-electron chi connectivity index (χ0n) is 9.79. The summed E-state index contributed by atoms with van der Waals surface area (Å²) < 4.78 is 39.2. The van der Waals surface area contributed by atoms with Gasteiger partial charge < -0.3 is 5.32 Å². The number of carbonyl (C=O) groups is 1. The van der Waals surface area contributed by atoms with Gasteiger partial charge >= 0.3 is 0 Å². The fourth-order valence-electron chi connectivity index (χ4n) is 1.64. The van der Waals surface area contributed by atoms with E-state index in [1.165, 1.54) is 18.2 Å². The van der Waals surface area contributed by atoms with Crippen molar-refractivity contribution >= 4 is 5.91 Å². The Morgan fingerprint density at radius 1 is 1.00 bits per heavy atom. The molecule has 1 N–H and O–H groups in total. The molecule has 2 aromatic carbocycles. The first-order valence-electron chi connectivity index (χ1n) is 5.54. The van der Waals surface area contributed by atoms with Gasteiger partial charge in [0.2, 0.25) is 0 Å². The topological polar surface area (TPSA) is 29.1 Å². The summed E-state index contributed by atoms with van der Waals surface area (Å²) in [7, 11) is 0. The molecule has 0 saturated carbocycles.